The first kappa shape index (κ1) is 12.3. The molecule has 20 heavy (non-hydrogen) atoms. The largest absolute Gasteiger partial charge is 0.332 e. The van der Waals surface area contributed by atoms with E-state index in [9.17, 15) is 0 Å². The number of nitriles is 1. The van der Waals surface area contributed by atoms with Crippen LogP contribution in [-0.4, -0.2) is 20.1 Å². The van der Waals surface area contributed by atoms with Gasteiger partial charge in [-0.1, -0.05) is 16.8 Å². The van der Waals surface area contributed by atoms with Gasteiger partial charge in [-0.15, -0.1) is 0 Å². The molecule has 3 rings (SSSR count). The van der Waals surface area contributed by atoms with Gasteiger partial charge in [-0.25, -0.2) is 4.98 Å². The Hall–Kier alpha value is -2.78. The van der Waals surface area contributed by atoms with Gasteiger partial charge < -0.3 is 4.52 Å². The van der Waals surface area contributed by atoms with Crippen molar-refractivity contribution >= 4 is 11.6 Å². The van der Waals surface area contributed by atoms with Crippen molar-refractivity contribution < 1.29 is 4.52 Å². The van der Waals surface area contributed by atoms with Gasteiger partial charge in [0.1, 0.15) is 17.5 Å². The van der Waals surface area contributed by atoms with Crippen molar-refractivity contribution in [3.8, 4) is 29.2 Å². The van der Waals surface area contributed by atoms with Crippen molar-refractivity contribution in [2.24, 2.45) is 0 Å². The maximum Gasteiger partial charge on any atom is 0.276 e. The summed E-state index contributed by atoms with van der Waals surface area (Å²) < 4.78 is 5.13. The van der Waals surface area contributed by atoms with Crippen LogP contribution in [0.1, 0.15) is 5.56 Å². The summed E-state index contributed by atoms with van der Waals surface area (Å²) in [5.74, 6) is 0.615. The van der Waals surface area contributed by atoms with Gasteiger partial charge in [-0.05, 0) is 24.3 Å². The first-order chi connectivity index (χ1) is 9.76. The van der Waals surface area contributed by atoms with Crippen LogP contribution in [0.15, 0.2) is 41.2 Å². The summed E-state index contributed by atoms with van der Waals surface area (Å²) in [5.41, 5.74) is 1.52. The Balaban J connectivity index is 1.93. The fraction of sp³-hybridized carbons (Fsp3) is 0. The fourth-order valence-electron chi connectivity index (χ4n) is 1.53. The highest BCUT2D eigenvalue weighted by molar-refractivity contribution is 6.30. The molecule has 0 aliphatic rings. The number of aromatic nitrogens is 4. The van der Waals surface area contributed by atoms with E-state index in [4.69, 9.17) is 21.4 Å². The van der Waals surface area contributed by atoms with Gasteiger partial charge >= 0.3 is 0 Å². The maximum atomic E-state index is 8.71. The maximum absolute atomic E-state index is 8.71. The summed E-state index contributed by atoms with van der Waals surface area (Å²) in [6.45, 7) is 0. The zero-order valence-electron chi connectivity index (χ0n) is 9.99. The van der Waals surface area contributed by atoms with E-state index in [1.165, 1.54) is 12.4 Å². The van der Waals surface area contributed by atoms with E-state index in [0.717, 1.165) is 0 Å². The molecule has 96 valence electrons. The average molecular weight is 284 g/mol. The summed E-state index contributed by atoms with van der Waals surface area (Å²) in [7, 11) is 0. The third kappa shape index (κ3) is 2.35. The second-order valence-corrected chi connectivity index (χ2v) is 4.27. The molecule has 3 aromatic rings. The van der Waals surface area contributed by atoms with Crippen LogP contribution in [0, 0.1) is 11.3 Å². The molecule has 0 bridgehead atoms. The molecular weight excluding hydrogens is 278 g/mol. The SMILES string of the molecule is N#Cc1ccc(-c2nc(-c3ccc(Cl)cn3)no2)nc1. The lowest BCUT2D eigenvalue weighted by molar-refractivity contribution is 0.431. The number of rotatable bonds is 2. The number of nitrogens with zero attached hydrogens (tertiary/aromatic N) is 5. The Morgan fingerprint density at radius 3 is 2.50 bits per heavy atom. The van der Waals surface area contributed by atoms with E-state index < -0.39 is 0 Å². The molecule has 0 spiro atoms. The number of hydrogen-bond donors (Lipinski definition) is 0. The van der Waals surface area contributed by atoms with Gasteiger partial charge in [-0.3, -0.25) is 4.98 Å². The molecule has 7 heteroatoms. The highest BCUT2D eigenvalue weighted by Gasteiger charge is 2.12. The van der Waals surface area contributed by atoms with Crippen LogP contribution in [0.5, 0.6) is 0 Å². The van der Waals surface area contributed by atoms with Gasteiger partial charge in [-0.2, -0.15) is 10.2 Å². The van der Waals surface area contributed by atoms with Crippen molar-refractivity contribution in [1.82, 2.24) is 20.1 Å². The van der Waals surface area contributed by atoms with Crippen molar-refractivity contribution in [2.75, 3.05) is 0 Å². The van der Waals surface area contributed by atoms with Crippen LogP contribution in [0.2, 0.25) is 5.02 Å². The smallest absolute Gasteiger partial charge is 0.276 e. The van der Waals surface area contributed by atoms with Crippen molar-refractivity contribution in [1.29, 1.82) is 5.26 Å². The van der Waals surface area contributed by atoms with E-state index in [0.29, 0.717) is 27.8 Å². The highest BCUT2D eigenvalue weighted by atomic mass is 35.5. The van der Waals surface area contributed by atoms with Crippen LogP contribution in [-0.2, 0) is 0 Å². The fourth-order valence-corrected chi connectivity index (χ4v) is 1.64. The summed E-state index contributed by atoms with van der Waals surface area (Å²) in [6.07, 6.45) is 2.95. The molecule has 3 heterocycles. The number of hydrogen-bond acceptors (Lipinski definition) is 6. The van der Waals surface area contributed by atoms with Crippen molar-refractivity contribution in [3.63, 3.8) is 0 Å². The summed E-state index contributed by atoms with van der Waals surface area (Å²) in [4.78, 5) is 12.4. The molecule has 0 unspecified atom stereocenters. The molecular formula is C13H6ClN5O. The zero-order chi connectivity index (χ0) is 13.9. The zero-order valence-corrected chi connectivity index (χ0v) is 10.7. The first-order valence-corrected chi connectivity index (χ1v) is 5.96. The molecule has 0 aliphatic heterocycles. The second kappa shape index (κ2) is 5.07. The van der Waals surface area contributed by atoms with Crippen molar-refractivity contribution in [3.05, 3.63) is 47.2 Å². The van der Waals surface area contributed by atoms with Crippen LogP contribution in [0.25, 0.3) is 23.1 Å². The highest BCUT2D eigenvalue weighted by Crippen LogP contribution is 2.20. The topological polar surface area (TPSA) is 88.5 Å². The summed E-state index contributed by atoms with van der Waals surface area (Å²) >= 11 is 5.77. The predicted molar refractivity (Wildman–Crippen MR) is 70.5 cm³/mol. The van der Waals surface area contributed by atoms with E-state index in [1.54, 1.807) is 24.3 Å². The number of halogens is 1. The van der Waals surface area contributed by atoms with E-state index in [1.807, 2.05) is 6.07 Å². The molecule has 0 atom stereocenters. The molecule has 0 aromatic carbocycles. The lowest BCUT2D eigenvalue weighted by atomic mass is 10.2. The van der Waals surface area contributed by atoms with Crippen LogP contribution in [0.4, 0.5) is 0 Å². The Morgan fingerprint density at radius 1 is 1.05 bits per heavy atom. The molecule has 3 aromatic heterocycles. The van der Waals surface area contributed by atoms with Gasteiger partial charge in [0.2, 0.25) is 5.82 Å². The van der Waals surface area contributed by atoms with Gasteiger partial charge in [0.25, 0.3) is 5.89 Å². The molecule has 0 fully saturated rings. The average Bonchev–Trinajstić information content (AvgIpc) is 2.98. The molecule has 6 nitrogen and oxygen atoms in total. The molecule has 0 amide bonds. The Morgan fingerprint density at radius 2 is 1.85 bits per heavy atom. The molecule has 0 saturated carbocycles. The van der Waals surface area contributed by atoms with Crippen molar-refractivity contribution in [2.45, 2.75) is 0 Å². The molecule has 0 saturated heterocycles. The lowest BCUT2D eigenvalue weighted by Crippen LogP contribution is -1.86. The Bertz CT molecular complexity index is 774. The van der Waals surface area contributed by atoms with E-state index in [-0.39, 0.29) is 5.89 Å². The van der Waals surface area contributed by atoms with Gasteiger partial charge in [0.05, 0.1) is 10.6 Å². The Kier molecular flexibility index (Phi) is 3.11. The third-order valence-corrected chi connectivity index (χ3v) is 2.72. The molecule has 0 aliphatic carbocycles. The van der Waals surface area contributed by atoms with E-state index >= 15 is 0 Å². The van der Waals surface area contributed by atoms with Crippen LogP contribution in [0.3, 0.4) is 0 Å². The van der Waals surface area contributed by atoms with Crippen LogP contribution >= 0.6 is 11.6 Å². The summed E-state index contributed by atoms with van der Waals surface area (Å²) in [6, 6.07) is 8.66. The minimum Gasteiger partial charge on any atom is -0.332 e. The van der Waals surface area contributed by atoms with E-state index in [2.05, 4.69) is 20.1 Å². The lowest BCUT2D eigenvalue weighted by Gasteiger charge is -1.93. The van der Waals surface area contributed by atoms with Crippen LogP contribution < -0.4 is 0 Å². The third-order valence-electron chi connectivity index (χ3n) is 2.49. The molecule has 0 radical (unpaired) electrons. The minimum atomic E-state index is 0.265. The van der Waals surface area contributed by atoms with Gasteiger partial charge in [0, 0.05) is 12.4 Å². The summed E-state index contributed by atoms with van der Waals surface area (Å²) in [5, 5.41) is 13.1. The minimum absolute atomic E-state index is 0.265. The predicted octanol–water partition coefficient (Wildman–Crippen LogP) is 2.72. The Labute approximate surface area is 118 Å². The standard InChI is InChI=1S/C13H6ClN5O/c14-9-2-4-10(17-7-9)12-18-13(20-19-12)11-3-1-8(5-15)6-16-11/h1-4,6-7H. The normalized spacial score (nSPS) is 10.2. The first-order valence-electron chi connectivity index (χ1n) is 5.58. The second-order valence-electron chi connectivity index (χ2n) is 3.83. The monoisotopic (exact) mass is 283 g/mol. The quantitative estimate of drug-likeness (QED) is 0.718. The van der Waals surface area contributed by atoms with Gasteiger partial charge in [0.15, 0.2) is 0 Å². The molecule has 0 N–H and O–H groups in total. The number of pyridine rings is 2.